The zero-order chi connectivity index (χ0) is 22.1. The van der Waals surface area contributed by atoms with Gasteiger partial charge in [0, 0.05) is 0 Å². The van der Waals surface area contributed by atoms with E-state index in [4.69, 9.17) is 15.9 Å². The number of hydrogen-bond donors (Lipinski definition) is 4. The van der Waals surface area contributed by atoms with Gasteiger partial charge in [-0.2, -0.15) is 0 Å². The molecule has 0 amide bonds. The summed E-state index contributed by atoms with van der Waals surface area (Å²) in [6, 6.07) is -1.29. The minimum atomic E-state index is -0.871. The third kappa shape index (κ3) is 8.87. The Hall–Kier alpha value is -1.41. The van der Waals surface area contributed by atoms with Crippen LogP contribution in [0.15, 0.2) is 0 Å². The maximum absolute atomic E-state index is 11.1. The molecule has 8 heteroatoms. The number of carboxylic acids is 2. The zero-order valence-electron chi connectivity index (χ0n) is 18.2. The van der Waals surface area contributed by atoms with Gasteiger partial charge in [-0.15, -0.1) is 0 Å². The Morgan fingerprint density at radius 1 is 0.862 bits per heavy atom. The van der Waals surface area contributed by atoms with E-state index in [0.717, 1.165) is 25.7 Å². The molecular formula is C21H38BN2O5. The van der Waals surface area contributed by atoms with Crippen LogP contribution in [0.2, 0.25) is 0 Å². The van der Waals surface area contributed by atoms with E-state index in [0.29, 0.717) is 29.9 Å². The molecule has 0 aromatic carbocycles. The molecule has 2 fully saturated rings. The van der Waals surface area contributed by atoms with Crippen LogP contribution >= 0.6 is 0 Å². The van der Waals surface area contributed by atoms with E-state index in [2.05, 4.69) is 32.9 Å². The summed E-state index contributed by atoms with van der Waals surface area (Å²) < 4.78 is 0. The topological polar surface area (TPSA) is 130 Å². The van der Waals surface area contributed by atoms with E-state index in [1.165, 1.54) is 20.3 Å². The highest BCUT2D eigenvalue weighted by atomic mass is 16.4. The first-order valence-corrected chi connectivity index (χ1v) is 10.8. The van der Waals surface area contributed by atoms with Crippen molar-refractivity contribution in [2.24, 2.45) is 41.2 Å². The lowest BCUT2D eigenvalue weighted by molar-refractivity contribution is -0.141. The van der Waals surface area contributed by atoms with Crippen molar-refractivity contribution in [1.82, 2.24) is 5.23 Å². The minimum absolute atomic E-state index is 0.118. The van der Waals surface area contributed by atoms with Crippen molar-refractivity contribution in [1.29, 1.82) is 0 Å². The Labute approximate surface area is 175 Å². The van der Waals surface area contributed by atoms with E-state index in [9.17, 15) is 14.4 Å². The first-order chi connectivity index (χ1) is 13.5. The van der Waals surface area contributed by atoms with Crippen molar-refractivity contribution < 1.29 is 24.6 Å². The molecule has 29 heavy (non-hydrogen) atoms. The first-order valence-electron chi connectivity index (χ1n) is 10.8. The Balaban J connectivity index is 0.000000296. The van der Waals surface area contributed by atoms with Gasteiger partial charge in [-0.3, -0.25) is 9.59 Å². The number of hydrogen-bond acceptors (Lipinski definition) is 5. The summed E-state index contributed by atoms with van der Waals surface area (Å²) in [4.78, 5) is 32.0. The summed E-state index contributed by atoms with van der Waals surface area (Å²) in [5.41, 5.74) is 5.62. The molecule has 2 aliphatic rings. The van der Waals surface area contributed by atoms with Crippen LogP contribution in [0.5, 0.6) is 0 Å². The molecule has 5 N–H and O–H groups in total. The fraction of sp³-hybridized carbons (Fsp3) is 0.857. The third-order valence-corrected chi connectivity index (χ3v) is 6.30. The van der Waals surface area contributed by atoms with Crippen molar-refractivity contribution >= 4 is 25.5 Å². The molecule has 0 bridgehead atoms. The van der Waals surface area contributed by atoms with Crippen LogP contribution < -0.4 is 11.0 Å². The second-order valence-corrected chi connectivity index (χ2v) is 9.50. The molecule has 8 atom stereocenters. The number of carbonyl (C=O) groups excluding carboxylic acids is 1. The van der Waals surface area contributed by atoms with E-state index in [1.54, 1.807) is 0 Å². The summed E-state index contributed by atoms with van der Waals surface area (Å²) >= 11 is 0. The van der Waals surface area contributed by atoms with E-state index < -0.39 is 24.0 Å². The monoisotopic (exact) mass is 409 g/mol. The molecule has 7 nitrogen and oxygen atoms in total. The van der Waals surface area contributed by atoms with Gasteiger partial charge in [0.05, 0.1) is 12.2 Å². The summed E-state index contributed by atoms with van der Waals surface area (Å²) in [6.45, 7) is 8.67. The third-order valence-electron chi connectivity index (χ3n) is 6.30. The van der Waals surface area contributed by atoms with Gasteiger partial charge in [0.2, 0.25) is 0 Å². The average molecular weight is 409 g/mol. The molecule has 0 heterocycles. The van der Waals surface area contributed by atoms with Gasteiger partial charge in [-0.05, 0) is 74.0 Å². The lowest BCUT2D eigenvalue weighted by atomic mass is 9.73. The molecule has 0 aromatic rings. The smallest absolute Gasteiger partial charge is 0.320 e. The van der Waals surface area contributed by atoms with Crippen LogP contribution in [-0.2, 0) is 14.4 Å². The fourth-order valence-electron chi connectivity index (χ4n) is 5.34. The van der Waals surface area contributed by atoms with E-state index >= 15 is 0 Å². The van der Waals surface area contributed by atoms with Crippen molar-refractivity contribution in [2.45, 2.75) is 78.3 Å². The van der Waals surface area contributed by atoms with Gasteiger partial charge in [-0.25, -0.2) is 0 Å². The predicted molar refractivity (Wildman–Crippen MR) is 114 cm³/mol. The summed E-state index contributed by atoms with van der Waals surface area (Å²) in [5, 5.41) is 20.6. The normalized spacial score (nSPS) is 34.1. The van der Waals surface area contributed by atoms with Crippen LogP contribution in [0.25, 0.3) is 0 Å². The predicted octanol–water partition coefficient (Wildman–Crippen LogP) is 2.38. The molecule has 2 rings (SSSR count). The molecule has 2 aliphatic carbocycles. The van der Waals surface area contributed by atoms with E-state index in [1.807, 2.05) is 0 Å². The molecule has 165 valence electrons. The Bertz CT molecular complexity index is 527. The number of carboxylic acid groups (broad SMARTS) is 2. The van der Waals surface area contributed by atoms with Crippen LogP contribution in [0.4, 0.5) is 0 Å². The molecule has 0 aromatic heterocycles. The first kappa shape index (κ1) is 25.6. The number of nitrogens with two attached hydrogens (primary N) is 1. The highest BCUT2D eigenvalue weighted by molar-refractivity contribution is 6.64. The van der Waals surface area contributed by atoms with Crippen LogP contribution in [0.1, 0.15) is 66.2 Å². The lowest BCUT2D eigenvalue weighted by Crippen LogP contribution is -2.47. The molecule has 2 unspecified atom stereocenters. The number of nitrogens with one attached hydrogen (secondary N) is 1. The number of rotatable bonds is 7. The quantitative estimate of drug-likeness (QED) is 0.375. The summed E-state index contributed by atoms with van der Waals surface area (Å²) in [7, 11) is 1.18. The van der Waals surface area contributed by atoms with Crippen molar-refractivity contribution in [3.05, 3.63) is 0 Å². The Morgan fingerprint density at radius 3 is 1.62 bits per heavy atom. The van der Waals surface area contributed by atoms with Gasteiger partial charge >= 0.3 is 11.9 Å². The zero-order valence-corrected chi connectivity index (χ0v) is 18.2. The number of aliphatic carboxylic acids is 2. The van der Waals surface area contributed by atoms with Crippen LogP contribution in [-0.4, -0.2) is 47.8 Å². The molecule has 0 saturated heterocycles. The van der Waals surface area contributed by atoms with Crippen molar-refractivity contribution in [3.8, 4) is 0 Å². The van der Waals surface area contributed by atoms with Gasteiger partial charge in [0.1, 0.15) is 6.04 Å². The summed E-state index contributed by atoms with van der Waals surface area (Å²) in [6.07, 6.45) is 6.74. The molecular weight excluding hydrogens is 371 g/mol. The largest absolute Gasteiger partial charge is 0.480 e. The maximum Gasteiger partial charge on any atom is 0.320 e. The Kier molecular flexibility index (Phi) is 10.9. The fourth-order valence-corrected chi connectivity index (χ4v) is 5.34. The van der Waals surface area contributed by atoms with Gasteiger partial charge < -0.3 is 26.0 Å². The summed E-state index contributed by atoms with van der Waals surface area (Å²) in [5.74, 6) is 0.944. The van der Waals surface area contributed by atoms with Crippen molar-refractivity contribution in [3.63, 3.8) is 0 Å². The number of carbonyl (C=O) groups is 3. The second kappa shape index (κ2) is 12.3. The minimum Gasteiger partial charge on any atom is -0.480 e. The highest BCUT2D eigenvalue weighted by Crippen LogP contribution is 2.35. The van der Waals surface area contributed by atoms with Gasteiger partial charge in [0.25, 0.3) is 7.41 Å². The lowest BCUT2D eigenvalue weighted by Gasteiger charge is -2.35. The molecule has 2 saturated carbocycles. The van der Waals surface area contributed by atoms with Gasteiger partial charge in [0.15, 0.2) is 0 Å². The Morgan fingerprint density at radius 2 is 1.28 bits per heavy atom. The molecule has 0 aliphatic heterocycles. The SMILES string of the molecule is C[C@@H]1CC([C@H](N)C(=O)O)C[C@H](C)C1.C[C@@H]1CC([C@H](N[B]C=O)C(=O)O)C[C@H](C)C1. The average Bonchev–Trinajstić information content (AvgIpc) is 2.60. The molecule has 1 radical (unpaired) electrons. The van der Waals surface area contributed by atoms with Crippen LogP contribution in [0, 0.1) is 35.5 Å². The standard InChI is InChI=1S/C11H19BNO3.C10H19NO2/c1-7-3-8(2)5-9(4-7)10(11(15)16)13-12-6-14;1-6-3-7(2)5-8(4-6)9(11)10(12)13/h6-10,13H,3-5H2,1-2H3,(H,15,16);6-9H,3-5,11H2,1-2H3,(H,12,13)/t7-,8+,9?,10-;6-,7+,8?,9-/m00/s1. The maximum atomic E-state index is 11.1. The van der Waals surface area contributed by atoms with Crippen molar-refractivity contribution in [2.75, 3.05) is 0 Å². The van der Waals surface area contributed by atoms with Crippen LogP contribution in [0.3, 0.4) is 0 Å². The highest BCUT2D eigenvalue weighted by Gasteiger charge is 2.33. The van der Waals surface area contributed by atoms with E-state index in [-0.39, 0.29) is 11.8 Å². The van der Waals surface area contributed by atoms with Gasteiger partial charge in [-0.1, -0.05) is 27.7 Å². The second-order valence-electron chi connectivity index (χ2n) is 9.50. The molecule has 0 spiro atoms.